The molecule has 0 aliphatic heterocycles. The van der Waals surface area contributed by atoms with E-state index in [1.807, 2.05) is 6.92 Å². The Morgan fingerprint density at radius 3 is 2.44 bits per heavy atom. The smallest absolute Gasteiger partial charge is 0.426 e. The minimum atomic E-state index is -4.43. The molecule has 0 radical (unpaired) electrons. The molecule has 0 aliphatic rings. The Hall–Kier alpha value is -1.23. The van der Waals surface area contributed by atoms with E-state index in [2.05, 4.69) is 0 Å². The maximum atomic E-state index is 12.4. The standard InChI is InChI=1S/C11H14F3NO/c1-2-8-5-3-4-6-9(8)16-10(7-15)11(12,13)14/h3-6,10H,2,7,15H2,1H3. The molecule has 0 aliphatic carbocycles. The molecule has 1 unspecified atom stereocenters. The third-order valence-electron chi connectivity index (χ3n) is 2.20. The van der Waals surface area contributed by atoms with Gasteiger partial charge in [0.2, 0.25) is 6.10 Å². The lowest BCUT2D eigenvalue weighted by atomic mass is 10.1. The summed E-state index contributed by atoms with van der Waals surface area (Å²) in [5.41, 5.74) is 5.79. The van der Waals surface area contributed by atoms with Crippen LogP contribution in [0.3, 0.4) is 0 Å². The summed E-state index contributed by atoms with van der Waals surface area (Å²) >= 11 is 0. The third kappa shape index (κ3) is 3.13. The van der Waals surface area contributed by atoms with E-state index in [0.717, 1.165) is 5.56 Å². The van der Waals surface area contributed by atoms with Crippen molar-refractivity contribution >= 4 is 0 Å². The van der Waals surface area contributed by atoms with Gasteiger partial charge in [0.25, 0.3) is 0 Å². The molecule has 0 fully saturated rings. The van der Waals surface area contributed by atoms with Gasteiger partial charge in [0.1, 0.15) is 5.75 Å². The van der Waals surface area contributed by atoms with Gasteiger partial charge in [0.15, 0.2) is 0 Å². The molecular formula is C11H14F3NO. The van der Waals surface area contributed by atoms with Gasteiger partial charge in [-0.1, -0.05) is 25.1 Å². The molecule has 0 saturated heterocycles. The summed E-state index contributed by atoms with van der Waals surface area (Å²) in [5.74, 6) is 0.248. The Balaban J connectivity index is 2.86. The summed E-state index contributed by atoms with van der Waals surface area (Å²) in [6, 6.07) is 6.65. The van der Waals surface area contributed by atoms with Crippen LogP contribution in [0.5, 0.6) is 5.75 Å². The van der Waals surface area contributed by atoms with Crippen molar-refractivity contribution in [2.45, 2.75) is 25.6 Å². The Labute approximate surface area is 92.2 Å². The van der Waals surface area contributed by atoms with Gasteiger partial charge in [-0.2, -0.15) is 13.2 Å². The van der Waals surface area contributed by atoms with Gasteiger partial charge in [-0.3, -0.25) is 0 Å². The molecule has 16 heavy (non-hydrogen) atoms. The van der Waals surface area contributed by atoms with Crippen LogP contribution in [-0.2, 0) is 6.42 Å². The van der Waals surface area contributed by atoms with Gasteiger partial charge in [0, 0.05) is 6.54 Å². The van der Waals surface area contributed by atoms with E-state index in [-0.39, 0.29) is 5.75 Å². The predicted octanol–water partition coefficient (Wildman–Crippen LogP) is 2.52. The SMILES string of the molecule is CCc1ccccc1OC(CN)C(F)(F)F. The Morgan fingerprint density at radius 1 is 1.31 bits per heavy atom. The second kappa shape index (κ2) is 5.21. The monoisotopic (exact) mass is 233 g/mol. The second-order valence-electron chi connectivity index (χ2n) is 3.35. The fraction of sp³-hybridized carbons (Fsp3) is 0.455. The van der Waals surface area contributed by atoms with Crippen molar-refractivity contribution in [3.05, 3.63) is 29.8 Å². The van der Waals surface area contributed by atoms with Crippen LogP contribution >= 0.6 is 0 Å². The van der Waals surface area contributed by atoms with Crippen LogP contribution in [0.2, 0.25) is 0 Å². The zero-order valence-electron chi connectivity index (χ0n) is 8.92. The molecule has 2 N–H and O–H groups in total. The molecule has 1 atom stereocenters. The molecule has 1 rings (SSSR count). The third-order valence-corrected chi connectivity index (χ3v) is 2.20. The highest BCUT2D eigenvalue weighted by Crippen LogP contribution is 2.27. The van der Waals surface area contributed by atoms with Crippen LogP contribution in [0.1, 0.15) is 12.5 Å². The zero-order chi connectivity index (χ0) is 12.2. The number of rotatable bonds is 4. The molecule has 0 amide bonds. The molecule has 1 aromatic carbocycles. The summed E-state index contributed by atoms with van der Waals surface area (Å²) in [6.45, 7) is 1.27. The lowest BCUT2D eigenvalue weighted by molar-refractivity contribution is -0.191. The first-order chi connectivity index (χ1) is 7.49. The van der Waals surface area contributed by atoms with E-state index in [0.29, 0.717) is 6.42 Å². The van der Waals surface area contributed by atoms with E-state index in [1.165, 1.54) is 6.07 Å². The fourth-order valence-electron chi connectivity index (χ4n) is 1.31. The van der Waals surface area contributed by atoms with Crippen molar-refractivity contribution in [2.75, 3.05) is 6.54 Å². The lowest BCUT2D eigenvalue weighted by Gasteiger charge is -2.21. The minimum absolute atomic E-state index is 0.248. The van der Waals surface area contributed by atoms with Gasteiger partial charge < -0.3 is 10.5 Å². The average molecular weight is 233 g/mol. The summed E-state index contributed by atoms with van der Waals surface area (Å²) in [7, 11) is 0. The quantitative estimate of drug-likeness (QED) is 0.867. The normalized spacial score (nSPS) is 13.6. The first-order valence-electron chi connectivity index (χ1n) is 5.00. The molecule has 5 heteroatoms. The predicted molar refractivity (Wildman–Crippen MR) is 55.3 cm³/mol. The number of ether oxygens (including phenoxy) is 1. The topological polar surface area (TPSA) is 35.2 Å². The molecule has 0 bridgehead atoms. The maximum Gasteiger partial charge on any atom is 0.426 e. The number of hydrogen-bond acceptors (Lipinski definition) is 2. The maximum absolute atomic E-state index is 12.4. The zero-order valence-corrected chi connectivity index (χ0v) is 8.92. The van der Waals surface area contributed by atoms with Crippen LogP contribution in [0.25, 0.3) is 0 Å². The van der Waals surface area contributed by atoms with Gasteiger partial charge in [0.05, 0.1) is 0 Å². The van der Waals surface area contributed by atoms with Crippen molar-refractivity contribution in [2.24, 2.45) is 5.73 Å². The minimum Gasteiger partial charge on any atom is -0.479 e. The van der Waals surface area contributed by atoms with E-state index in [4.69, 9.17) is 10.5 Å². The van der Waals surface area contributed by atoms with Crippen LogP contribution < -0.4 is 10.5 Å². The molecule has 0 saturated carbocycles. The number of alkyl halides is 3. The van der Waals surface area contributed by atoms with E-state index in [9.17, 15) is 13.2 Å². The summed E-state index contributed by atoms with van der Waals surface area (Å²) in [6.07, 6.45) is -5.76. The first-order valence-corrected chi connectivity index (χ1v) is 5.00. The molecular weight excluding hydrogens is 219 g/mol. The fourth-order valence-corrected chi connectivity index (χ4v) is 1.31. The van der Waals surface area contributed by atoms with Crippen molar-refractivity contribution < 1.29 is 17.9 Å². The number of benzene rings is 1. The van der Waals surface area contributed by atoms with Crippen molar-refractivity contribution in [3.8, 4) is 5.75 Å². The van der Waals surface area contributed by atoms with Gasteiger partial charge >= 0.3 is 6.18 Å². The number of para-hydroxylation sites is 1. The Morgan fingerprint density at radius 2 is 1.94 bits per heavy atom. The lowest BCUT2D eigenvalue weighted by Crippen LogP contribution is -2.40. The molecule has 90 valence electrons. The number of nitrogens with two attached hydrogens (primary N) is 1. The van der Waals surface area contributed by atoms with Gasteiger partial charge in [-0.15, -0.1) is 0 Å². The highest BCUT2D eigenvalue weighted by atomic mass is 19.4. The summed E-state index contributed by atoms with van der Waals surface area (Å²) < 4.78 is 42.2. The largest absolute Gasteiger partial charge is 0.479 e. The van der Waals surface area contributed by atoms with Crippen molar-refractivity contribution in [3.63, 3.8) is 0 Å². The number of hydrogen-bond donors (Lipinski definition) is 1. The Kier molecular flexibility index (Phi) is 4.18. The highest BCUT2D eigenvalue weighted by Gasteiger charge is 2.40. The average Bonchev–Trinajstić information content (AvgIpc) is 2.24. The van der Waals surface area contributed by atoms with Crippen LogP contribution in [0, 0.1) is 0 Å². The van der Waals surface area contributed by atoms with Crippen molar-refractivity contribution in [1.29, 1.82) is 0 Å². The number of aryl methyl sites for hydroxylation is 1. The van der Waals surface area contributed by atoms with Crippen LogP contribution in [-0.4, -0.2) is 18.8 Å². The van der Waals surface area contributed by atoms with Crippen molar-refractivity contribution in [1.82, 2.24) is 0 Å². The molecule has 0 aromatic heterocycles. The van der Waals surface area contributed by atoms with Crippen LogP contribution in [0.4, 0.5) is 13.2 Å². The Bertz CT molecular complexity index is 338. The van der Waals surface area contributed by atoms with Gasteiger partial charge in [-0.25, -0.2) is 0 Å². The molecule has 2 nitrogen and oxygen atoms in total. The van der Waals surface area contributed by atoms with E-state index >= 15 is 0 Å². The highest BCUT2D eigenvalue weighted by molar-refractivity contribution is 5.33. The summed E-state index contributed by atoms with van der Waals surface area (Å²) in [4.78, 5) is 0. The van der Waals surface area contributed by atoms with Gasteiger partial charge in [-0.05, 0) is 18.1 Å². The number of halogens is 3. The molecule has 1 aromatic rings. The van der Waals surface area contributed by atoms with E-state index < -0.39 is 18.8 Å². The second-order valence-corrected chi connectivity index (χ2v) is 3.35. The molecule has 0 spiro atoms. The summed E-state index contributed by atoms with van der Waals surface area (Å²) in [5, 5.41) is 0. The molecule has 0 heterocycles. The van der Waals surface area contributed by atoms with E-state index in [1.54, 1.807) is 18.2 Å². The van der Waals surface area contributed by atoms with Crippen LogP contribution in [0.15, 0.2) is 24.3 Å². The first kappa shape index (κ1) is 12.8.